The number of rotatable bonds is 5. The van der Waals surface area contributed by atoms with Crippen LogP contribution in [0.15, 0.2) is 5.38 Å². The molecular formula is C11H15NO4S. The minimum absolute atomic E-state index is 0.182. The first-order valence-electron chi connectivity index (χ1n) is 5.05. The molecule has 0 aliphatic heterocycles. The zero-order valence-corrected chi connectivity index (χ0v) is 10.8. The smallest absolute Gasteiger partial charge is 0.350 e. The summed E-state index contributed by atoms with van der Waals surface area (Å²) in [5.74, 6) is -0.622. The molecule has 0 aliphatic rings. The van der Waals surface area contributed by atoms with E-state index in [2.05, 4.69) is 10.1 Å². The number of esters is 1. The molecule has 0 spiro atoms. The number of aryl methyl sites for hydroxylation is 1. The van der Waals surface area contributed by atoms with E-state index < -0.39 is 5.97 Å². The third-order valence-corrected chi connectivity index (χ3v) is 3.22. The molecule has 0 radical (unpaired) electrons. The van der Waals surface area contributed by atoms with Crippen molar-refractivity contribution in [3.05, 3.63) is 15.8 Å². The fourth-order valence-corrected chi connectivity index (χ4v) is 2.16. The third kappa shape index (κ3) is 3.54. The summed E-state index contributed by atoms with van der Waals surface area (Å²) in [6.07, 6.45) is 0.256. The zero-order valence-electron chi connectivity index (χ0n) is 10.0. The van der Waals surface area contributed by atoms with Gasteiger partial charge >= 0.3 is 5.97 Å². The van der Waals surface area contributed by atoms with E-state index in [1.807, 2.05) is 6.92 Å². The van der Waals surface area contributed by atoms with Crippen LogP contribution in [-0.4, -0.2) is 32.7 Å². The number of thiophene rings is 1. The molecule has 1 heterocycles. The Labute approximate surface area is 104 Å². The van der Waals surface area contributed by atoms with Crippen LogP contribution >= 0.6 is 11.3 Å². The highest BCUT2D eigenvalue weighted by atomic mass is 32.1. The number of amides is 1. The van der Waals surface area contributed by atoms with Crippen molar-refractivity contribution in [3.8, 4) is 0 Å². The van der Waals surface area contributed by atoms with Gasteiger partial charge in [-0.1, -0.05) is 0 Å². The topological polar surface area (TPSA) is 64.6 Å². The van der Waals surface area contributed by atoms with Gasteiger partial charge in [-0.25, -0.2) is 4.79 Å². The van der Waals surface area contributed by atoms with Gasteiger partial charge in [-0.15, -0.1) is 11.3 Å². The van der Waals surface area contributed by atoms with Crippen molar-refractivity contribution in [1.82, 2.24) is 0 Å². The van der Waals surface area contributed by atoms with Gasteiger partial charge in [0.05, 0.1) is 25.8 Å². The average molecular weight is 257 g/mol. The van der Waals surface area contributed by atoms with E-state index in [4.69, 9.17) is 4.74 Å². The first-order valence-corrected chi connectivity index (χ1v) is 5.93. The van der Waals surface area contributed by atoms with Crippen molar-refractivity contribution < 1.29 is 19.1 Å². The van der Waals surface area contributed by atoms with Crippen molar-refractivity contribution in [2.45, 2.75) is 13.3 Å². The first-order chi connectivity index (χ1) is 8.10. The molecule has 1 aromatic heterocycles. The van der Waals surface area contributed by atoms with Crippen molar-refractivity contribution in [3.63, 3.8) is 0 Å². The SMILES string of the molecule is COCCC(=O)Nc1c(C)csc1C(=O)OC. The molecule has 0 fully saturated rings. The Bertz CT molecular complexity index is 414. The fourth-order valence-electron chi connectivity index (χ4n) is 1.24. The van der Waals surface area contributed by atoms with Crippen molar-refractivity contribution in [2.24, 2.45) is 0 Å². The first kappa shape index (κ1) is 13.7. The standard InChI is InChI=1S/C11H15NO4S/c1-7-6-17-10(11(14)16-3)9(7)12-8(13)4-5-15-2/h6H,4-5H2,1-3H3,(H,12,13). The van der Waals surface area contributed by atoms with Crippen LogP contribution in [0.5, 0.6) is 0 Å². The fraction of sp³-hybridized carbons (Fsp3) is 0.455. The Balaban J connectivity index is 2.79. The summed E-state index contributed by atoms with van der Waals surface area (Å²) in [6, 6.07) is 0. The lowest BCUT2D eigenvalue weighted by atomic mass is 10.2. The number of hydrogen-bond acceptors (Lipinski definition) is 5. The number of nitrogens with one attached hydrogen (secondary N) is 1. The molecule has 0 aliphatic carbocycles. The van der Waals surface area contributed by atoms with E-state index in [1.165, 1.54) is 25.6 Å². The van der Waals surface area contributed by atoms with Crippen LogP contribution in [0.1, 0.15) is 21.7 Å². The van der Waals surface area contributed by atoms with Gasteiger partial charge in [-0.3, -0.25) is 4.79 Å². The van der Waals surface area contributed by atoms with Crippen LogP contribution in [0.2, 0.25) is 0 Å². The van der Waals surface area contributed by atoms with Crippen molar-refractivity contribution >= 4 is 28.9 Å². The van der Waals surface area contributed by atoms with Crippen molar-refractivity contribution in [2.75, 3.05) is 26.1 Å². The number of anilines is 1. The van der Waals surface area contributed by atoms with Crippen LogP contribution in [0.3, 0.4) is 0 Å². The molecule has 6 heteroatoms. The van der Waals surface area contributed by atoms with Crippen molar-refractivity contribution in [1.29, 1.82) is 0 Å². The lowest BCUT2D eigenvalue weighted by molar-refractivity contribution is -0.117. The Morgan fingerprint density at radius 3 is 2.71 bits per heavy atom. The number of carbonyl (C=O) groups excluding carboxylic acids is 2. The Morgan fingerprint density at radius 2 is 2.12 bits per heavy atom. The van der Waals surface area contributed by atoms with Gasteiger partial charge in [-0.2, -0.15) is 0 Å². The Kier molecular flexibility index (Phi) is 5.11. The molecule has 17 heavy (non-hydrogen) atoms. The summed E-state index contributed by atoms with van der Waals surface area (Å²) in [6.45, 7) is 2.18. The normalized spacial score (nSPS) is 10.1. The van der Waals surface area contributed by atoms with E-state index in [1.54, 1.807) is 5.38 Å². The minimum Gasteiger partial charge on any atom is -0.465 e. The molecule has 5 nitrogen and oxygen atoms in total. The van der Waals surface area contributed by atoms with Gasteiger partial charge in [0.1, 0.15) is 4.88 Å². The molecule has 94 valence electrons. The highest BCUT2D eigenvalue weighted by Crippen LogP contribution is 2.28. The predicted octanol–water partition coefficient (Wildman–Crippen LogP) is 1.82. The van der Waals surface area contributed by atoms with E-state index in [0.717, 1.165) is 5.56 Å². The van der Waals surface area contributed by atoms with Gasteiger partial charge in [0.25, 0.3) is 0 Å². The molecule has 1 amide bonds. The van der Waals surface area contributed by atoms with Gasteiger partial charge in [0, 0.05) is 7.11 Å². The summed E-state index contributed by atoms with van der Waals surface area (Å²) in [7, 11) is 2.84. The molecular weight excluding hydrogens is 242 g/mol. The second kappa shape index (κ2) is 6.36. The molecule has 1 rings (SSSR count). The highest BCUT2D eigenvalue weighted by molar-refractivity contribution is 7.12. The molecule has 1 aromatic rings. The van der Waals surface area contributed by atoms with E-state index in [9.17, 15) is 9.59 Å². The molecule has 0 bridgehead atoms. The summed E-state index contributed by atoms with van der Waals surface area (Å²) in [5, 5.41) is 4.50. The van der Waals surface area contributed by atoms with E-state index in [0.29, 0.717) is 17.2 Å². The quantitative estimate of drug-likeness (QED) is 0.817. The maximum absolute atomic E-state index is 11.5. The summed E-state index contributed by atoms with van der Waals surface area (Å²) >= 11 is 1.25. The third-order valence-electron chi connectivity index (χ3n) is 2.14. The predicted molar refractivity (Wildman–Crippen MR) is 65.5 cm³/mol. The molecule has 0 unspecified atom stereocenters. The van der Waals surface area contributed by atoms with Gasteiger partial charge in [-0.05, 0) is 17.9 Å². The summed E-state index contributed by atoms with van der Waals surface area (Å²) in [4.78, 5) is 23.4. The minimum atomic E-state index is -0.440. The summed E-state index contributed by atoms with van der Waals surface area (Å²) in [5.41, 5.74) is 1.38. The maximum Gasteiger partial charge on any atom is 0.350 e. The molecule has 0 aromatic carbocycles. The second-order valence-corrected chi connectivity index (χ2v) is 4.29. The molecule has 0 saturated heterocycles. The zero-order chi connectivity index (χ0) is 12.8. The van der Waals surface area contributed by atoms with Crippen LogP contribution in [-0.2, 0) is 14.3 Å². The van der Waals surface area contributed by atoms with E-state index in [-0.39, 0.29) is 12.3 Å². The average Bonchev–Trinajstić information content (AvgIpc) is 2.67. The Hall–Kier alpha value is -1.40. The molecule has 0 saturated carbocycles. The monoisotopic (exact) mass is 257 g/mol. The van der Waals surface area contributed by atoms with Gasteiger partial charge < -0.3 is 14.8 Å². The Morgan fingerprint density at radius 1 is 1.41 bits per heavy atom. The van der Waals surface area contributed by atoms with Gasteiger partial charge in [0.2, 0.25) is 5.91 Å². The molecule has 1 N–H and O–H groups in total. The number of hydrogen-bond donors (Lipinski definition) is 1. The lowest BCUT2D eigenvalue weighted by Gasteiger charge is -2.06. The maximum atomic E-state index is 11.5. The highest BCUT2D eigenvalue weighted by Gasteiger charge is 2.18. The van der Waals surface area contributed by atoms with Crippen LogP contribution < -0.4 is 5.32 Å². The van der Waals surface area contributed by atoms with Crippen LogP contribution in [0.25, 0.3) is 0 Å². The summed E-state index contributed by atoms with van der Waals surface area (Å²) < 4.78 is 9.46. The number of carbonyl (C=O) groups is 2. The molecule has 0 atom stereocenters. The lowest BCUT2D eigenvalue weighted by Crippen LogP contribution is -2.16. The van der Waals surface area contributed by atoms with Crippen LogP contribution in [0, 0.1) is 6.92 Å². The number of methoxy groups -OCH3 is 2. The van der Waals surface area contributed by atoms with Crippen LogP contribution in [0.4, 0.5) is 5.69 Å². The van der Waals surface area contributed by atoms with E-state index >= 15 is 0 Å². The second-order valence-electron chi connectivity index (χ2n) is 3.41. The van der Waals surface area contributed by atoms with Gasteiger partial charge in [0.15, 0.2) is 0 Å². The number of ether oxygens (including phenoxy) is 2. The largest absolute Gasteiger partial charge is 0.465 e.